The van der Waals surface area contributed by atoms with Crippen molar-refractivity contribution in [3.63, 3.8) is 0 Å². The molecule has 0 atom stereocenters. The number of nitrogens with one attached hydrogen (secondary N) is 1. The number of ether oxygens (including phenoxy) is 2. The Kier molecular flexibility index (Phi) is 7.48. The number of hydrogen-bond acceptors (Lipinski definition) is 4. The summed E-state index contributed by atoms with van der Waals surface area (Å²) in [5, 5.41) is 11.6. The van der Waals surface area contributed by atoms with E-state index in [0.29, 0.717) is 23.1 Å². The smallest absolute Gasteiger partial charge is 0.321 e. The van der Waals surface area contributed by atoms with Crippen molar-refractivity contribution in [2.24, 2.45) is 0 Å². The molecule has 22 heavy (non-hydrogen) atoms. The molecule has 0 spiro atoms. The molecule has 1 rings (SSSR count). The number of amides is 2. The Bertz CT molecular complexity index is 524. The number of halogens is 1. The third kappa shape index (κ3) is 5.79. The van der Waals surface area contributed by atoms with Crippen molar-refractivity contribution in [3.8, 4) is 5.75 Å². The van der Waals surface area contributed by atoms with Crippen LogP contribution in [0.2, 0.25) is 5.02 Å². The van der Waals surface area contributed by atoms with Gasteiger partial charge in [0.25, 0.3) is 0 Å². The highest BCUT2D eigenvalue weighted by molar-refractivity contribution is 6.32. The van der Waals surface area contributed by atoms with Crippen LogP contribution in [0.4, 0.5) is 10.5 Å². The number of urea groups is 1. The van der Waals surface area contributed by atoms with Crippen molar-refractivity contribution in [2.75, 3.05) is 39.2 Å². The van der Waals surface area contributed by atoms with Gasteiger partial charge in [-0.2, -0.15) is 0 Å². The van der Waals surface area contributed by atoms with E-state index in [2.05, 4.69) is 5.32 Å². The van der Waals surface area contributed by atoms with E-state index in [1.165, 1.54) is 11.9 Å². The van der Waals surface area contributed by atoms with E-state index < -0.39 is 12.0 Å². The number of benzene rings is 1. The number of aliphatic carboxylic acids is 1. The van der Waals surface area contributed by atoms with Crippen LogP contribution in [0.1, 0.15) is 6.42 Å². The molecule has 0 aliphatic heterocycles. The van der Waals surface area contributed by atoms with Crippen molar-refractivity contribution < 1.29 is 24.2 Å². The summed E-state index contributed by atoms with van der Waals surface area (Å²) in [6.07, 6.45) is -0.128. The quantitative estimate of drug-likeness (QED) is 0.714. The fourth-order valence-electron chi connectivity index (χ4n) is 1.56. The van der Waals surface area contributed by atoms with Crippen LogP contribution in [-0.4, -0.2) is 55.9 Å². The summed E-state index contributed by atoms with van der Waals surface area (Å²) < 4.78 is 10.4. The maximum absolute atomic E-state index is 12.0. The summed E-state index contributed by atoms with van der Waals surface area (Å²) in [6, 6.07) is 4.53. The summed E-state index contributed by atoms with van der Waals surface area (Å²) in [4.78, 5) is 23.8. The standard InChI is InChI=1S/C14H19ClN2O5/c1-17(7-6-12(18)19)14(20)16-11-5-3-4-10(15)13(11)22-9-8-21-2/h3-5H,6-9H2,1-2H3,(H,16,20)(H,18,19). The number of carbonyl (C=O) groups is 2. The van der Waals surface area contributed by atoms with E-state index in [1.54, 1.807) is 25.3 Å². The van der Waals surface area contributed by atoms with Crippen molar-refractivity contribution >= 4 is 29.3 Å². The lowest BCUT2D eigenvalue weighted by Gasteiger charge is -2.19. The van der Waals surface area contributed by atoms with Crippen LogP contribution < -0.4 is 10.1 Å². The Balaban J connectivity index is 2.73. The highest BCUT2D eigenvalue weighted by Crippen LogP contribution is 2.33. The summed E-state index contributed by atoms with van der Waals surface area (Å²) in [5.41, 5.74) is 0.413. The van der Waals surface area contributed by atoms with E-state index in [-0.39, 0.29) is 19.6 Å². The first-order chi connectivity index (χ1) is 10.5. The maximum atomic E-state index is 12.0. The van der Waals surface area contributed by atoms with Crippen LogP contribution in [0, 0.1) is 0 Å². The molecule has 8 heteroatoms. The molecule has 0 aromatic heterocycles. The van der Waals surface area contributed by atoms with Crippen LogP contribution in [-0.2, 0) is 9.53 Å². The number of carbonyl (C=O) groups excluding carboxylic acids is 1. The normalized spacial score (nSPS) is 10.1. The van der Waals surface area contributed by atoms with Gasteiger partial charge >= 0.3 is 12.0 Å². The number of hydrogen-bond donors (Lipinski definition) is 2. The zero-order valence-corrected chi connectivity index (χ0v) is 13.2. The summed E-state index contributed by atoms with van der Waals surface area (Å²) >= 11 is 6.07. The molecule has 7 nitrogen and oxygen atoms in total. The van der Waals surface area contributed by atoms with Crippen molar-refractivity contribution in [3.05, 3.63) is 23.2 Å². The van der Waals surface area contributed by atoms with Gasteiger partial charge in [-0.3, -0.25) is 4.79 Å². The first-order valence-corrected chi connectivity index (χ1v) is 6.97. The molecule has 0 saturated heterocycles. The molecule has 0 bridgehead atoms. The largest absolute Gasteiger partial charge is 0.487 e. The topological polar surface area (TPSA) is 88.1 Å². The van der Waals surface area contributed by atoms with Crippen LogP contribution in [0.25, 0.3) is 0 Å². The van der Waals surface area contributed by atoms with Gasteiger partial charge in [-0.25, -0.2) is 4.79 Å². The molecule has 2 amide bonds. The number of methoxy groups -OCH3 is 1. The van der Waals surface area contributed by atoms with E-state index in [1.807, 2.05) is 0 Å². The highest BCUT2D eigenvalue weighted by Gasteiger charge is 2.15. The summed E-state index contributed by atoms with van der Waals surface area (Å²) in [5.74, 6) is -0.618. The first kappa shape index (κ1) is 18.1. The lowest BCUT2D eigenvalue weighted by Crippen LogP contribution is -2.33. The number of carboxylic acids is 1. The minimum absolute atomic E-state index is 0.0988. The predicted octanol–water partition coefficient (Wildman–Crippen LogP) is 2.30. The second-order valence-corrected chi connectivity index (χ2v) is 4.86. The zero-order chi connectivity index (χ0) is 16.5. The second-order valence-electron chi connectivity index (χ2n) is 4.45. The number of nitrogens with zero attached hydrogens (tertiary/aromatic N) is 1. The van der Waals surface area contributed by atoms with E-state index in [0.717, 1.165) is 0 Å². The van der Waals surface area contributed by atoms with Gasteiger partial charge in [-0.1, -0.05) is 17.7 Å². The minimum atomic E-state index is -0.967. The Morgan fingerprint density at radius 1 is 1.36 bits per heavy atom. The van der Waals surface area contributed by atoms with Crippen LogP contribution >= 0.6 is 11.6 Å². The fourth-order valence-corrected chi connectivity index (χ4v) is 1.79. The molecule has 122 valence electrons. The Morgan fingerprint density at radius 3 is 2.73 bits per heavy atom. The molecule has 0 radical (unpaired) electrons. The zero-order valence-electron chi connectivity index (χ0n) is 12.5. The van der Waals surface area contributed by atoms with Gasteiger partial charge in [0.15, 0.2) is 5.75 Å². The highest BCUT2D eigenvalue weighted by atomic mass is 35.5. The van der Waals surface area contributed by atoms with Gasteiger partial charge in [0.1, 0.15) is 6.61 Å². The number of anilines is 1. The second kappa shape index (κ2) is 9.11. The number of para-hydroxylation sites is 1. The molecule has 2 N–H and O–H groups in total. The van der Waals surface area contributed by atoms with Crippen molar-refractivity contribution in [1.82, 2.24) is 4.90 Å². The molecule has 0 unspecified atom stereocenters. The molecular weight excluding hydrogens is 312 g/mol. The minimum Gasteiger partial charge on any atom is -0.487 e. The Morgan fingerprint density at radius 2 is 2.09 bits per heavy atom. The third-order valence-electron chi connectivity index (χ3n) is 2.75. The lowest BCUT2D eigenvalue weighted by molar-refractivity contribution is -0.137. The lowest BCUT2D eigenvalue weighted by atomic mass is 10.3. The molecule has 0 saturated carbocycles. The molecular formula is C14H19ClN2O5. The van der Waals surface area contributed by atoms with Gasteiger partial charge in [-0.15, -0.1) is 0 Å². The molecule has 1 aromatic rings. The number of carboxylic acid groups (broad SMARTS) is 1. The van der Waals surface area contributed by atoms with Gasteiger partial charge in [0, 0.05) is 20.7 Å². The maximum Gasteiger partial charge on any atom is 0.321 e. The Labute approximate surface area is 133 Å². The van der Waals surface area contributed by atoms with Gasteiger partial charge < -0.3 is 24.8 Å². The Hall–Kier alpha value is -1.99. The van der Waals surface area contributed by atoms with Gasteiger partial charge in [-0.05, 0) is 12.1 Å². The van der Waals surface area contributed by atoms with Crippen LogP contribution in [0.15, 0.2) is 18.2 Å². The van der Waals surface area contributed by atoms with Crippen molar-refractivity contribution in [1.29, 1.82) is 0 Å². The van der Waals surface area contributed by atoms with Gasteiger partial charge in [0.2, 0.25) is 0 Å². The average molecular weight is 331 g/mol. The van der Waals surface area contributed by atoms with Crippen LogP contribution in [0.3, 0.4) is 0 Å². The van der Waals surface area contributed by atoms with E-state index >= 15 is 0 Å². The van der Waals surface area contributed by atoms with E-state index in [4.69, 9.17) is 26.2 Å². The molecule has 0 aliphatic carbocycles. The first-order valence-electron chi connectivity index (χ1n) is 6.60. The van der Waals surface area contributed by atoms with E-state index in [9.17, 15) is 9.59 Å². The molecule has 0 aliphatic rings. The third-order valence-corrected chi connectivity index (χ3v) is 3.05. The van der Waals surface area contributed by atoms with Gasteiger partial charge in [0.05, 0.1) is 23.7 Å². The fraction of sp³-hybridized carbons (Fsp3) is 0.429. The van der Waals surface area contributed by atoms with Crippen LogP contribution in [0.5, 0.6) is 5.75 Å². The molecule has 1 aromatic carbocycles. The molecule has 0 fully saturated rings. The predicted molar refractivity (Wildman–Crippen MR) is 82.7 cm³/mol. The number of rotatable bonds is 8. The SMILES string of the molecule is COCCOc1c(Cl)cccc1NC(=O)N(C)CCC(=O)O. The monoisotopic (exact) mass is 330 g/mol. The van der Waals surface area contributed by atoms with Crippen molar-refractivity contribution in [2.45, 2.75) is 6.42 Å². The molecule has 0 heterocycles. The summed E-state index contributed by atoms with van der Waals surface area (Å²) in [7, 11) is 3.06. The average Bonchev–Trinajstić information content (AvgIpc) is 2.47. The summed E-state index contributed by atoms with van der Waals surface area (Å²) in [6.45, 7) is 0.774.